The molecule has 3 N–H and O–H groups in total. The number of amides is 1. The third-order valence-corrected chi connectivity index (χ3v) is 4.58. The first kappa shape index (κ1) is 35.7. The molecule has 0 aromatic carbocycles. The molecule has 9 nitrogen and oxygen atoms in total. The van der Waals surface area contributed by atoms with Gasteiger partial charge in [0.25, 0.3) is 10.1 Å². The largest absolute Gasteiger partial charge is 1.00 e. The van der Waals surface area contributed by atoms with Crippen LogP contribution in [0.2, 0.25) is 0 Å². The van der Waals surface area contributed by atoms with Crippen molar-refractivity contribution in [2.75, 3.05) is 0 Å². The van der Waals surface area contributed by atoms with E-state index in [9.17, 15) is 33.0 Å². The summed E-state index contributed by atoms with van der Waals surface area (Å²) < 4.78 is 28.5. The van der Waals surface area contributed by atoms with Crippen LogP contribution >= 0.6 is 0 Å². The van der Waals surface area contributed by atoms with Crippen LogP contribution in [-0.2, 0) is 24.5 Å². The van der Waals surface area contributed by atoms with E-state index in [1.807, 2.05) is 0 Å². The quantitative estimate of drug-likeness (QED) is 0.152. The smallest absolute Gasteiger partial charge is 0.550 e. The Morgan fingerprint density at radius 2 is 1.29 bits per heavy atom. The Kier molecular flexibility index (Phi) is 28.1. The standard InChI is InChI=1S/C12H25NO.C4H6O7S.2Na/c1-2-3-4-5-6-7-8-9-10-11-12(13)14;5-3(6)1-2(4(7)8)12(9,10)11;;/h2-11H2,1H3,(H2,13,14);2H,1H2,(H,5,6)(H,7,8)(H,9,10,11);;/q;;2*+1/p-2. The predicted molar refractivity (Wildman–Crippen MR) is 91.0 cm³/mol. The van der Waals surface area contributed by atoms with Crippen LogP contribution in [-0.4, -0.2) is 36.1 Å². The van der Waals surface area contributed by atoms with Gasteiger partial charge in [0.15, 0.2) is 0 Å². The van der Waals surface area contributed by atoms with E-state index in [4.69, 9.17) is 10.3 Å². The number of nitrogens with two attached hydrogens (primary N) is 1. The Morgan fingerprint density at radius 1 is 0.893 bits per heavy atom. The van der Waals surface area contributed by atoms with Crippen molar-refractivity contribution in [1.82, 2.24) is 0 Å². The maximum absolute atomic E-state index is 10.4. The molecule has 154 valence electrons. The van der Waals surface area contributed by atoms with Gasteiger partial charge in [-0.3, -0.25) is 9.35 Å². The van der Waals surface area contributed by atoms with E-state index in [2.05, 4.69) is 6.92 Å². The molecule has 1 unspecified atom stereocenters. The van der Waals surface area contributed by atoms with Crippen LogP contribution in [0.25, 0.3) is 0 Å². The fraction of sp³-hybridized carbons (Fsp3) is 0.812. The Hall–Kier alpha value is 0.320. The molecule has 0 aliphatic heterocycles. The summed E-state index contributed by atoms with van der Waals surface area (Å²) >= 11 is 0. The number of aliphatic carboxylic acids is 2. The number of carbonyl (C=O) groups excluding carboxylic acids is 3. The molecule has 28 heavy (non-hydrogen) atoms. The average Bonchev–Trinajstić information content (AvgIpc) is 2.50. The van der Waals surface area contributed by atoms with Crippen molar-refractivity contribution in [2.24, 2.45) is 5.73 Å². The second kappa shape index (κ2) is 22.0. The minimum atomic E-state index is -4.94. The maximum atomic E-state index is 10.4. The maximum Gasteiger partial charge on any atom is 1.00 e. The van der Waals surface area contributed by atoms with E-state index in [1.165, 1.54) is 44.9 Å². The molecule has 1 amide bonds. The SMILES string of the molecule is CCCCCCCCCCCC(N)=O.O=C([O-])CC(C(=O)[O-])S(=O)(=O)O.[Na+].[Na+]. The van der Waals surface area contributed by atoms with Gasteiger partial charge in [-0.1, -0.05) is 58.3 Å². The van der Waals surface area contributed by atoms with Gasteiger partial charge in [0.05, 0.1) is 5.97 Å². The summed E-state index contributed by atoms with van der Waals surface area (Å²) in [4.78, 5) is 30.2. The zero-order valence-corrected chi connectivity index (χ0v) is 22.0. The molecule has 1 atom stereocenters. The molecule has 0 saturated heterocycles. The molecule has 0 aliphatic carbocycles. The number of carbonyl (C=O) groups is 3. The Balaban J connectivity index is -0.000000194. The van der Waals surface area contributed by atoms with Crippen molar-refractivity contribution in [2.45, 2.75) is 82.8 Å². The molecule has 0 aliphatic rings. The van der Waals surface area contributed by atoms with Gasteiger partial charge in [-0.15, -0.1) is 0 Å². The summed E-state index contributed by atoms with van der Waals surface area (Å²) in [7, 11) is -4.94. The molecule has 0 radical (unpaired) electrons. The van der Waals surface area contributed by atoms with Crippen LogP contribution in [0.1, 0.15) is 77.6 Å². The molecule has 0 aromatic rings. The summed E-state index contributed by atoms with van der Waals surface area (Å²) in [6.07, 6.45) is 10.8. The van der Waals surface area contributed by atoms with Crippen LogP contribution < -0.4 is 75.1 Å². The van der Waals surface area contributed by atoms with Crippen LogP contribution in [0.5, 0.6) is 0 Å². The van der Waals surface area contributed by atoms with Gasteiger partial charge in [-0.2, -0.15) is 8.42 Å². The fourth-order valence-electron chi connectivity index (χ4n) is 2.07. The molecule has 0 fully saturated rings. The van der Waals surface area contributed by atoms with E-state index in [0.717, 1.165) is 12.8 Å². The monoisotopic (exact) mass is 441 g/mol. The third-order valence-electron chi connectivity index (χ3n) is 3.50. The average molecular weight is 441 g/mol. The van der Waals surface area contributed by atoms with E-state index >= 15 is 0 Å². The first-order valence-electron chi connectivity index (χ1n) is 8.67. The van der Waals surface area contributed by atoms with Gasteiger partial charge in [-0.25, -0.2) is 0 Å². The van der Waals surface area contributed by atoms with E-state index in [1.54, 1.807) is 0 Å². The number of rotatable bonds is 14. The topological polar surface area (TPSA) is 178 Å². The Labute approximate surface area is 211 Å². The van der Waals surface area contributed by atoms with E-state index < -0.39 is 33.7 Å². The van der Waals surface area contributed by atoms with Crippen molar-refractivity contribution in [3.05, 3.63) is 0 Å². The zero-order chi connectivity index (χ0) is 20.6. The molecular weight excluding hydrogens is 412 g/mol. The minimum absolute atomic E-state index is 0. The molecule has 0 aromatic heterocycles. The van der Waals surface area contributed by atoms with Gasteiger partial charge in [0.2, 0.25) is 5.91 Å². The number of primary amides is 1. The zero-order valence-electron chi connectivity index (χ0n) is 17.1. The Bertz CT molecular complexity index is 529. The van der Waals surface area contributed by atoms with E-state index in [-0.39, 0.29) is 65.0 Å². The molecule has 0 heterocycles. The van der Waals surface area contributed by atoms with Gasteiger partial charge in [-0.05, 0) is 6.42 Å². The fourth-order valence-corrected chi connectivity index (χ4v) is 2.66. The van der Waals surface area contributed by atoms with Gasteiger partial charge in [0, 0.05) is 18.8 Å². The number of carboxylic acids is 2. The van der Waals surface area contributed by atoms with Crippen molar-refractivity contribution in [3.63, 3.8) is 0 Å². The minimum Gasteiger partial charge on any atom is -0.550 e. The second-order valence-corrected chi connectivity index (χ2v) is 7.54. The number of hydrogen-bond acceptors (Lipinski definition) is 7. The molecule has 0 rings (SSSR count). The van der Waals surface area contributed by atoms with Crippen molar-refractivity contribution >= 4 is 28.0 Å². The molecule has 0 bridgehead atoms. The summed E-state index contributed by atoms with van der Waals surface area (Å²) in [5, 5.41) is 17.3. The molecule has 12 heteroatoms. The van der Waals surface area contributed by atoms with Crippen LogP contribution in [0.4, 0.5) is 0 Å². The Morgan fingerprint density at radius 3 is 1.54 bits per heavy atom. The first-order chi connectivity index (χ1) is 12.0. The number of unbranched alkanes of at least 4 members (excludes halogenated alkanes) is 8. The molecule has 0 spiro atoms. The van der Waals surface area contributed by atoms with Gasteiger partial charge >= 0.3 is 59.1 Å². The van der Waals surface area contributed by atoms with Crippen molar-refractivity contribution in [1.29, 1.82) is 0 Å². The summed E-state index contributed by atoms with van der Waals surface area (Å²) in [5.41, 5.74) is 5.05. The van der Waals surface area contributed by atoms with Crippen LogP contribution in [0.15, 0.2) is 0 Å². The van der Waals surface area contributed by atoms with Gasteiger partial charge in [0.1, 0.15) is 5.25 Å². The van der Waals surface area contributed by atoms with Crippen molar-refractivity contribution < 1.29 is 96.7 Å². The molecule has 0 saturated carbocycles. The van der Waals surface area contributed by atoms with Gasteiger partial charge < -0.3 is 25.5 Å². The molecular formula is C16H29NNa2O8S. The summed E-state index contributed by atoms with van der Waals surface area (Å²) in [5.74, 6) is -4.24. The summed E-state index contributed by atoms with van der Waals surface area (Å²) in [6.45, 7) is 2.24. The summed E-state index contributed by atoms with van der Waals surface area (Å²) in [6, 6.07) is 0. The normalized spacial score (nSPS) is 11.1. The van der Waals surface area contributed by atoms with Crippen molar-refractivity contribution in [3.8, 4) is 0 Å². The van der Waals surface area contributed by atoms with Crippen LogP contribution in [0, 0.1) is 0 Å². The predicted octanol–water partition coefficient (Wildman–Crippen LogP) is -6.47. The third kappa shape index (κ3) is 26.3. The van der Waals surface area contributed by atoms with Crippen LogP contribution in [0.3, 0.4) is 0 Å². The first-order valence-corrected chi connectivity index (χ1v) is 10.2. The number of carboxylic acid groups (broad SMARTS) is 2. The number of hydrogen-bond donors (Lipinski definition) is 2. The van der Waals surface area contributed by atoms with E-state index in [0.29, 0.717) is 6.42 Å². The second-order valence-electron chi connectivity index (χ2n) is 5.94.